The molecule has 1 aromatic carbocycles. The van der Waals surface area contributed by atoms with Gasteiger partial charge >= 0.3 is 0 Å². The molecule has 0 radical (unpaired) electrons. The molecule has 0 fully saturated rings. The molecule has 0 saturated carbocycles. The van der Waals surface area contributed by atoms with Crippen LogP contribution in [0.4, 0.5) is 17.2 Å². The summed E-state index contributed by atoms with van der Waals surface area (Å²) in [6.45, 7) is 0. The summed E-state index contributed by atoms with van der Waals surface area (Å²) in [5.74, 6) is 0.816. The predicted molar refractivity (Wildman–Crippen MR) is 89.5 cm³/mol. The molecule has 0 amide bonds. The van der Waals surface area contributed by atoms with Gasteiger partial charge in [-0.2, -0.15) is 4.98 Å². The van der Waals surface area contributed by atoms with Crippen molar-refractivity contribution in [2.75, 3.05) is 23.4 Å². The zero-order chi connectivity index (χ0) is 16.3. The van der Waals surface area contributed by atoms with Crippen LogP contribution in [0.2, 0.25) is 5.28 Å². The number of hydrogen-bond donors (Lipinski definition) is 2. The van der Waals surface area contributed by atoms with E-state index in [2.05, 4.69) is 35.9 Å². The van der Waals surface area contributed by atoms with Crippen molar-refractivity contribution < 1.29 is 13.2 Å². The van der Waals surface area contributed by atoms with Crippen molar-refractivity contribution >= 4 is 54.7 Å². The lowest BCUT2D eigenvalue weighted by Crippen LogP contribution is -2.12. The number of benzene rings is 1. The minimum absolute atomic E-state index is 0.0539. The molecule has 0 bridgehead atoms. The Morgan fingerprint density at radius 2 is 2.09 bits per heavy atom. The molecular weight excluding hydrogens is 396 g/mol. The highest BCUT2D eigenvalue weighted by Crippen LogP contribution is 2.36. The zero-order valence-corrected chi connectivity index (χ0v) is 14.8. The van der Waals surface area contributed by atoms with Crippen molar-refractivity contribution in [2.45, 2.75) is 0 Å². The molecule has 7 nitrogen and oxygen atoms in total. The average Bonchev–Trinajstić information content (AvgIpc) is 2.43. The van der Waals surface area contributed by atoms with E-state index in [1.807, 2.05) is 0 Å². The predicted octanol–water partition coefficient (Wildman–Crippen LogP) is 3.02. The van der Waals surface area contributed by atoms with E-state index in [1.165, 1.54) is 13.3 Å². The topological polar surface area (TPSA) is 93.2 Å². The van der Waals surface area contributed by atoms with Crippen LogP contribution in [-0.2, 0) is 10.0 Å². The Morgan fingerprint density at radius 3 is 2.73 bits per heavy atom. The van der Waals surface area contributed by atoms with Gasteiger partial charge in [0.2, 0.25) is 15.3 Å². The van der Waals surface area contributed by atoms with Crippen molar-refractivity contribution in [2.24, 2.45) is 0 Å². The lowest BCUT2D eigenvalue weighted by atomic mass is 10.2. The largest absolute Gasteiger partial charge is 0.494 e. The quantitative estimate of drug-likeness (QED) is 0.740. The molecule has 0 aliphatic heterocycles. The number of methoxy groups -OCH3 is 1. The number of anilines is 3. The van der Waals surface area contributed by atoms with Gasteiger partial charge in [-0.05, 0) is 39.7 Å². The Labute approximate surface area is 141 Å². The van der Waals surface area contributed by atoms with E-state index < -0.39 is 10.0 Å². The van der Waals surface area contributed by atoms with Gasteiger partial charge in [-0.1, -0.05) is 6.07 Å². The molecule has 0 aliphatic carbocycles. The van der Waals surface area contributed by atoms with Crippen molar-refractivity contribution in [3.05, 3.63) is 34.2 Å². The molecule has 2 rings (SSSR count). The lowest BCUT2D eigenvalue weighted by Gasteiger charge is -2.16. The van der Waals surface area contributed by atoms with Gasteiger partial charge in [0.25, 0.3) is 0 Å². The van der Waals surface area contributed by atoms with Gasteiger partial charge < -0.3 is 10.1 Å². The summed E-state index contributed by atoms with van der Waals surface area (Å²) in [5.41, 5.74) is 0.731. The van der Waals surface area contributed by atoms with E-state index in [9.17, 15) is 8.42 Å². The number of sulfonamides is 1. The van der Waals surface area contributed by atoms with Crippen molar-refractivity contribution in [1.82, 2.24) is 9.97 Å². The highest BCUT2D eigenvalue weighted by molar-refractivity contribution is 9.10. The second-order valence-corrected chi connectivity index (χ2v) is 7.16. The van der Waals surface area contributed by atoms with E-state index in [1.54, 1.807) is 18.2 Å². The van der Waals surface area contributed by atoms with E-state index in [-0.39, 0.29) is 5.28 Å². The minimum Gasteiger partial charge on any atom is -0.494 e. The molecule has 2 aromatic rings. The van der Waals surface area contributed by atoms with Crippen LogP contribution in [0.1, 0.15) is 0 Å². The molecular formula is C12H12BrClN4O3S. The normalized spacial score (nSPS) is 11.1. The SMILES string of the molecule is COc1cccc(NS(C)(=O)=O)c1Nc1nc(Cl)ncc1Br. The first-order valence-electron chi connectivity index (χ1n) is 5.90. The summed E-state index contributed by atoms with van der Waals surface area (Å²) < 4.78 is 31.2. The summed E-state index contributed by atoms with van der Waals surface area (Å²) >= 11 is 9.07. The second kappa shape index (κ2) is 6.67. The smallest absolute Gasteiger partial charge is 0.229 e. The van der Waals surface area contributed by atoms with Crippen LogP contribution < -0.4 is 14.8 Å². The third-order valence-electron chi connectivity index (χ3n) is 2.50. The summed E-state index contributed by atoms with van der Waals surface area (Å²) in [7, 11) is -1.97. The van der Waals surface area contributed by atoms with Crippen LogP contribution in [0, 0.1) is 0 Å². The minimum atomic E-state index is -3.45. The van der Waals surface area contributed by atoms with Gasteiger partial charge in [-0.25, -0.2) is 13.4 Å². The highest BCUT2D eigenvalue weighted by atomic mass is 79.9. The summed E-state index contributed by atoms with van der Waals surface area (Å²) in [5, 5.41) is 3.04. The first-order valence-corrected chi connectivity index (χ1v) is 8.96. The Morgan fingerprint density at radius 1 is 1.36 bits per heavy atom. The number of rotatable bonds is 5. The van der Waals surface area contributed by atoms with Crippen molar-refractivity contribution in [3.8, 4) is 5.75 Å². The number of ether oxygens (including phenoxy) is 1. The van der Waals surface area contributed by atoms with E-state index in [0.717, 1.165) is 6.26 Å². The Bertz CT molecular complexity index is 801. The molecule has 0 saturated heterocycles. The highest BCUT2D eigenvalue weighted by Gasteiger charge is 2.15. The fourth-order valence-corrected chi connectivity index (χ4v) is 2.66. The molecule has 118 valence electrons. The number of hydrogen-bond acceptors (Lipinski definition) is 6. The number of nitrogens with zero attached hydrogens (tertiary/aromatic N) is 2. The van der Waals surface area contributed by atoms with Crippen molar-refractivity contribution in [1.29, 1.82) is 0 Å². The Hall–Kier alpha value is -1.58. The van der Waals surface area contributed by atoms with Gasteiger partial charge in [0, 0.05) is 6.20 Å². The third kappa shape index (κ3) is 4.21. The standard InChI is InChI=1S/C12H12BrClN4O3S/c1-21-9-5-3-4-8(18-22(2,19)20)10(9)16-11-7(13)6-15-12(14)17-11/h3-6,18H,1-2H3,(H,15,16,17). The van der Waals surface area contributed by atoms with E-state index >= 15 is 0 Å². The van der Waals surface area contributed by atoms with Gasteiger partial charge in [0.05, 0.1) is 23.5 Å². The number of para-hydroxylation sites is 1. The maximum absolute atomic E-state index is 11.5. The monoisotopic (exact) mass is 406 g/mol. The molecule has 0 atom stereocenters. The van der Waals surface area contributed by atoms with Crippen LogP contribution in [-0.4, -0.2) is 31.8 Å². The van der Waals surface area contributed by atoms with Gasteiger partial charge in [-0.3, -0.25) is 4.72 Å². The lowest BCUT2D eigenvalue weighted by molar-refractivity contribution is 0.417. The number of nitrogens with one attached hydrogen (secondary N) is 2. The molecule has 0 aliphatic rings. The van der Waals surface area contributed by atoms with Crippen LogP contribution in [0.15, 0.2) is 28.9 Å². The summed E-state index contributed by atoms with van der Waals surface area (Å²) in [6.07, 6.45) is 2.55. The van der Waals surface area contributed by atoms with Crippen molar-refractivity contribution in [3.63, 3.8) is 0 Å². The Kier molecular flexibility index (Phi) is 5.09. The second-order valence-electron chi connectivity index (χ2n) is 4.22. The zero-order valence-electron chi connectivity index (χ0n) is 11.6. The maximum Gasteiger partial charge on any atom is 0.229 e. The van der Waals surface area contributed by atoms with E-state index in [0.29, 0.717) is 27.4 Å². The molecule has 10 heteroatoms. The van der Waals surface area contributed by atoms with Crippen LogP contribution in [0.5, 0.6) is 5.75 Å². The van der Waals surface area contributed by atoms with Gasteiger partial charge in [-0.15, -0.1) is 0 Å². The number of halogens is 2. The molecule has 2 N–H and O–H groups in total. The van der Waals surface area contributed by atoms with E-state index in [4.69, 9.17) is 16.3 Å². The first-order chi connectivity index (χ1) is 10.3. The van der Waals surface area contributed by atoms with Crippen LogP contribution in [0.25, 0.3) is 0 Å². The maximum atomic E-state index is 11.5. The van der Waals surface area contributed by atoms with Gasteiger partial charge in [0.1, 0.15) is 17.3 Å². The summed E-state index contributed by atoms with van der Waals surface area (Å²) in [4.78, 5) is 7.87. The average molecular weight is 408 g/mol. The summed E-state index contributed by atoms with van der Waals surface area (Å²) in [6, 6.07) is 4.95. The molecule has 0 spiro atoms. The molecule has 1 heterocycles. The Balaban J connectivity index is 2.50. The first kappa shape index (κ1) is 16.8. The molecule has 22 heavy (non-hydrogen) atoms. The fourth-order valence-electron chi connectivity index (χ4n) is 1.67. The number of aromatic nitrogens is 2. The van der Waals surface area contributed by atoms with Crippen LogP contribution in [0.3, 0.4) is 0 Å². The fraction of sp³-hybridized carbons (Fsp3) is 0.167. The van der Waals surface area contributed by atoms with Gasteiger partial charge in [0.15, 0.2) is 0 Å². The molecule has 1 aromatic heterocycles. The van der Waals surface area contributed by atoms with Crippen LogP contribution >= 0.6 is 27.5 Å². The molecule has 0 unspecified atom stereocenters. The third-order valence-corrected chi connectivity index (χ3v) is 3.85.